The quantitative estimate of drug-likeness (QED) is 0.133. The molecule has 0 aliphatic heterocycles. The highest BCUT2D eigenvalue weighted by Gasteiger charge is 1.95. The molecule has 0 heterocycles. The molecular weight excluding hydrogens is 360 g/mol. The first-order valence-electron chi connectivity index (χ1n) is 11.9. The largest absolute Gasteiger partial charge is 0.370 e. The molecule has 0 unspecified atom stereocenters. The Morgan fingerprint density at radius 3 is 1.34 bits per heavy atom. The molecule has 0 saturated carbocycles. The molecule has 0 radical (unpaired) electrons. The Bertz CT molecular complexity index is 406. The summed E-state index contributed by atoms with van der Waals surface area (Å²) in [5.74, 6) is -0.638. The molecule has 0 aromatic heterocycles. The van der Waals surface area contributed by atoms with Crippen molar-refractivity contribution in [3.05, 3.63) is 24.8 Å². The van der Waals surface area contributed by atoms with Gasteiger partial charge in [0.05, 0.1) is 0 Å². The fourth-order valence-corrected chi connectivity index (χ4v) is 3.08. The van der Waals surface area contributed by atoms with Gasteiger partial charge in [0, 0.05) is 6.42 Å². The molecule has 0 aromatic rings. The lowest BCUT2D eigenvalue weighted by Crippen LogP contribution is -2.09. The maximum absolute atomic E-state index is 10.6. The molecule has 2 amide bonds. The minimum atomic E-state index is -0.481. The van der Waals surface area contributed by atoms with E-state index in [0.29, 0.717) is 6.42 Å². The summed E-state index contributed by atoms with van der Waals surface area (Å²) in [6, 6.07) is 0. The predicted molar refractivity (Wildman–Crippen MR) is 127 cm³/mol. The van der Waals surface area contributed by atoms with Gasteiger partial charge in [-0.15, -0.1) is 0 Å². The van der Waals surface area contributed by atoms with Gasteiger partial charge in [0.15, 0.2) is 0 Å². The molecule has 4 nitrogen and oxygen atoms in total. The SMILES string of the molecule is C=CC(N)=O.CCCCCCCC/C=C\CCCCCCCCCCCC(N)=O. The number of nitrogens with two attached hydrogens (primary N) is 2. The molecule has 0 bridgehead atoms. The number of carbonyl (C=O) groups excluding carboxylic acids is 2. The smallest absolute Gasteiger partial charge is 0.240 e. The molecule has 0 aliphatic carbocycles. The molecule has 0 aromatic carbocycles. The van der Waals surface area contributed by atoms with E-state index in [-0.39, 0.29) is 5.91 Å². The van der Waals surface area contributed by atoms with E-state index in [0.717, 1.165) is 18.9 Å². The van der Waals surface area contributed by atoms with Crippen LogP contribution in [0.15, 0.2) is 24.8 Å². The fourth-order valence-electron chi connectivity index (χ4n) is 3.08. The van der Waals surface area contributed by atoms with Crippen molar-refractivity contribution >= 4 is 11.8 Å². The lowest BCUT2D eigenvalue weighted by molar-refractivity contribution is -0.118. The average Bonchev–Trinajstić information content (AvgIpc) is 2.70. The monoisotopic (exact) mass is 408 g/mol. The zero-order chi connectivity index (χ0) is 22.0. The van der Waals surface area contributed by atoms with Gasteiger partial charge in [-0.3, -0.25) is 9.59 Å². The van der Waals surface area contributed by atoms with Crippen molar-refractivity contribution in [3.63, 3.8) is 0 Å². The van der Waals surface area contributed by atoms with E-state index in [4.69, 9.17) is 5.73 Å². The number of primary amides is 2. The summed E-state index contributed by atoms with van der Waals surface area (Å²) in [4.78, 5) is 20.1. The van der Waals surface area contributed by atoms with Gasteiger partial charge in [-0.05, 0) is 38.2 Å². The normalized spacial score (nSPS) is 10.5. The van der Waals surface area contributed by atoms with Gasteiger partial charge in [0.2, 0.25) is 11.8 Å². The molecule has 0 rings (SSSR count). The van der Waals surface area contributed by atoms with Crippen molar-refractivity contribution in [2.45, 2.75) is 122 Å². The molecule has 0 fully saturated rings. The van der Waals surface area contributed by atoms with Crippen LogP contribution in [0, 0.1) is 0 Å². The van der Waals surface area contributed by atoms with Crippen LogP contribution in [0.1, 0.15) is 122 Å². The minimum absolute atomic E-state index is 0.156. The van der Waals surface area contributed by atoms with E-state index in [2.05, 4.69) is 31.4 Å². The highest BCUT2D eigenvalue weighted by atomic mass is 16.1. The molecule has 4 N–H and O–H groups in total. The third-order valence-electron chi connectivity index (χ3n) is 4.89. The summed E-state index contributed by atoms with van der Waals surface area (Å²) < 4.78 is 0. The van der Waals surface area contributed by atoms with Crippen LogP contribution < -0.4 is 11.5 Å². The molecule has 0 aliphatic rings. The van der Waals surface area contributed by atoms with Crippen molar-refractivity contribution in [2.24, 2.45) is 11.5 Å². The number of unbranched alkanes of at least 4 members (excludes halogenated alkanes) is 15. The number of amides is 2. The number of carbonyl (C=O) groups is 2. The van der Waals surface area contributed by atoms with E-state index in [1.54, 1.807) is 0 Å². The zero-order valence-corrected chi connectivity index (χ0v) is 19.1. The van der Waals surface area contributed by atoms with Crippen LogP contribution in [0.4, 0.5) is 0 Å². The van der Waals surface area contributed by atoms with E-state index in [1.165, 1.54) is 96.3 Å². The zero-order valence-electron chi connectivity index (χ0n) is 19.1. The van der Waals surface area contributed by atoms with E-state index in [1.807, 2.05) is 0 Å². The first kappa shape index (κ1) is 29.6. The highest BCUT2D eigenvalue weighted by molar-refractivity contribution is 5.84. The molecule has 170 valence electrons. The third kappa shape index (κ3) is 34.3. The molecule has 0 atom stereocenters. The van der Waals surface area contributed by atoms with Crippen molar-refractivity contribution in [1.82, 2.24) is 0 Å². The minimum Gasteiger partial charge on any atom is -0.370 e. The average molecular weight is 409 g/mol. The van der Waals surface area contributed by atoms with Gasteiger partial charge >= 0.3 is 0 Å². The van der Waals surface area contributed by atoms with E-state index >= 15 is 0 Å². The van der Waals surface area contributed by atoms with Crippen molar-refractivity contribution < 1.29 is 9.59 Å². The van der Waals surface area contributed by atoms with Gasteiger partial charge in [-0.2, -0.15) is 0 Å². The van der Waals surface area contributed by atoms with Crippen molar-refractivity contribution in [1.29, 1.82) is 0 Å². The van der Waals surface area contributed by atoms with Crippen LogP contribution >= 0.6 is 0 Å². The molecule has 4 heteroatoms. The van der Waals surface area contributed by atoms with Crippen LogP contribution in [-0.2, 0) is 9.59 Å². The number of allylic oxidation sites excluding steroid dienone is 2. The van der Waals surface area contributed by atoms with Crippen molar-refractivity contribution in [2.75, 3.05) is 0 Å². The first-order chi connectivity index (χ1) is 14.0. The van der Waals surface area contributed by atoms with E-state index < -0.39 is 5.91 Å². The maximum atomic E-state index is 10.6. The van der Waals surface area contributed by atoms with Crippen LogP contribution in [-0.4, -0.2) is 11.8 Å². The lowest BCUT2D eigenvalue weighted by atomic mass is 10.1. The van der Waals surface area contributed by atoms with Gasteiger partial charge in [0.25, 0.3) is 0 Å². The summed E-state index contributed by atoms with van der Waals surface area (Å²) >= 11 is 0. The van der Waals surface area contributed by atoms with Crippen molar-refractivity contribution in [3.8, 4) is 0 Å². The predicted octanol–water partition coefficient (Wildman–Crippen LogP) is 6.73. The Balaban J connectivity index is 0. The third-order valence-corrected chi connectivity index (χ3v) is 4.89. The Morgan fingerprint density at radius 2 is 1.00 bits per heavy atom. The summed E-state index contributed by atoms with van der Waals surface area (Å²) in [5, 5.41) is 0. The number of rotatable bonds is 20. The van der Waals surface area contributed by atoms with Crippen LogP contribution in [0.3, 0.4) is 0 Å². The van der Waals surface area contributed by atoms with Gasteiger partial charge in [-0.1, -0.05) is 103 Å². The highest BCUT2D eigenvalue weighted by Crippen LogP contribution is 2.12. The fraction of sp³-hybridized carbons (Fsp3) is 0.760. The lowest BCUT2D eigenvalue weighted by Gasteiger charge is -2.01. The number of hydrogen-bond acceptors (Lipinski definition) is 2. The second-order valence-electron chi connectivity index (χ2n) is 7.82. The van der Waals surface area contributed by atoms with E-state index in [9.17, 15) is 9.59 Å². The second kappa shape index (κ2) is 26.4. The Kier molecular flexibility index (Phi) is 27.0. The summed E-state index contributed by atoms with van der Waals surface area (Å²) in [5.41, 5.74) is 9.66. The van der Waals surface area contributed by atoms with Gasteiger partial charge in [-0.25, -0.2) is 0 Å². The molecule has 0 saturated heterocycles. The Morgan fingerprint density at radius 1 is 0.655 bits per heavy atom. The first-order valence-corrected chi connectivity index (χ1v) is 11.9. The maximum Gasteiger partial charge on any atom is 0.240 e. The molecular formula is C25H48N2O2. The Labute approximate surface area is 180 Å². The number of hydrogen-bond donors (Lipinski definition) is 2. The summed E-state index contributed by atoms with van der Waals surface area (Å²) in [6.07, 6.45) is 28.9. The second-order valence-corrected chi connectivity index (χ2v) is 7.82. The van der Waals surface area contributed by atoms with Gasteiger partial charge < -0.3 is 11.5 Å². The topological polar surface area (TPSA) is 86.2 Å². The van der Waals surface area contributed by atoms with Gasteiger partial charge in [0.1, 0.15) is 0 Å². The van der Waals surface area contributed by atoms with Crippen LogP contribution in [0.2, 0.25) is 0 Å². The standard InChI is InChI=1S/C22H43NO.C3H5NO/c1-2-3-4-5-6-7-8-9-10-11-12-13-14-15-16-17-18-19-20-21-22(23)24;1-2-3(4)5/h9-10H,2-8,11-21H2,1H3,(H2,23,24);2H,1H2,(H2,4,5)/b10-9-;. The Hall–Kier alpha value is -1.58. The summed E-state index contributed by atoms with van der Waals surface area (Å²) in [6.45, 7) is 5.36. The molecule has 29 heavy (non-hydrogen) atoms. The summed E-state index contributed by atoms with van der Waals surface area (Å²) in [7, 11) is 0. The van der Waals surface area contributed by atoms with Crippen LogP contribution in [0.5, 0.6) is 0 Å². The van der Waals surface area contributed by atoms with Crippen LogP contribution in [0.25, 0.3) is 0 Å². The molecule has 0 spiro atoms.